The first kappa shape index (κ1) is 18.4. The van der Waals surface area contributed by atoms with E-state index >= 15 is 0 Å². The van der Waals surface area contributed by atoms with Crippen LogP contribution >= 0.6 is 0 Å². The van der Waals surface area contributed by atoms with Crippen molar-refractivity contribution in [3.63, 3.8) is 0 Å². The zero-order valence-corrected chi connectivity index (χ0v) is 15.4. The smallest absolute Gasteiger partial charge is 0.146 e. The van der Waals surface area contributed by atoms with Gasteiger partial charge >= 0.3 is 0 Å². The predicted molar refractivity (Wildman–Crippen MR) is 104 cm³/mol. The largest absolute Gasteiger partial charge is 0.483 e. The number of nitrogens with zero attached hydrogens (tertiary/aromatic N) is 2. The van der Waals surface area contributed by atoms with Gasteiger partial charge in [-0.25, -0.2) is 14.4 Å². The molecule has 1 aliphatic rings. The third-order valence-corrected chi connectivity index (χ3v) is 4.43. The van der Waals surface area contributed by atoms with Crippen molar-refractivity contribution in [1.82, 2.24) is 9.97 Å². The van der Waals surface area contributed by atoms with Gasteiger partial charge in [0.2, 0.25) is 0 Å². The maximum absolute atomic E-state index is 13.9. The molecular formula is C20H21FN4O3. The standard InChI is InChI=1S/C20H21FN4O3/c1-12-6-14(22)8-17-19(12)20(24-11-23-17)25-16-3-2-13(21)7-18(16)28-15-9-26-4-5-27-10-15/h2-3,6-8,11,15H,4-5,9-10,22H2,1H3,(H,23,24,25). The molecule has 1 aliphatic heterocycles. The van der Waals surface area contributed by atoms with E-state index in [-0.39, 0.29) is 6.10 Å². The van der Waals surface area contributed by atoms with Crippen molar-refractivity contribution in [3.8, 4) is 5.75 Å². The summed E-state index contributed by atoms with van der Waals surface area (Å²) in [5.74, 6) is 0.554. The Kier molecular flexibility index (Phi) is 5.23. The van der Waals surface area contributed by atoms with Gasteiger partial charge in [0.1, 0.15) is 29.8 Å². The molecule has 7 nitrogen and oxygen atoms in total. The maximum Gasteiger partial charge on any atom is 0.146 e. The second-order valence-corrected chi connectivity index (χ2v) is 6.61. The Hall–Kier alpha value is -2.97. The molecule has 0 amide bonds. The fourth-order valence-electron chi connectivity index (χ4n) is 3.18. The van der Waals surface area contributed by atoms with E-state index in [0.29, 0.717) is 49.4 Å². The lowest BCUT2D eigenvalue weighted by Crippen LogP contribution is -2.26. The van der Waals surface area contributed by atoms with Gasteiger partial charge in [0, 0.05) is 17.1 Å². The number of halogens is 1. The monoisotopic (exact) mass is 384 g/mol. The molecule has 0 atom stereocenters. The molecule has 0 aliphatic carbocycles. The van der Waals surface area contributed by atoms with Gasteiger partial charge in [-0.1, -0.05) is 0 Å². The molecule has 4 rings (SSSR count). The molecule has 28 heavy (non-hydrogen) atoms. The molecule has 2 heterocycles. The predicted octanol–water partition coefficient (Wildman–Crippen LogP) is 3.20. The Bertz CT molecular complexity index is 991. The molecule has 0 saturated carbocycles. The van der Waals surface area contributed by atoms with Crippen LogP contribution in [0.25, 0.3) is 10.9 Å². The van der Waals surface area contributed by atoms with Gasteiger partial charge in [-0.2, -0.15) is 0 Å². The van der Waals surface area contributed by atoms with E-state index in [1.54, 1.807) is 12.1 Å². The van der Waals surface area contributed by atoms with Gasteiger partial charge in [-0.3, -0.25) is 0 Å². The fraction of sp³-hybridized carbons (Fsp3) is 0.300. The van der Waals surface area contributed by atoms with Crippen LogP contribution in [-0.4, -0.2) is 42.5 Å². The van der Waals surface area contributed by atoms with E-state index in [4.69, 9.17) is 19.9 Å². The third kappa shape index (κ3) is 3.97. The minimum atomic E-state index is -0.396. The van der Waals surface area contributed by atoms with Crippen LogP contribution in [0.2, 0.25) is 0 Å². The number of nitrogens with one attached hydrogen (secondary N) is 1. The second-order valence-electron chi connectivity index (χ2n) is 6.61. The molecule has 3 aromatic rings. The van der Waals surface area contributed by atoms with Crippen LogP contribution in [0.3, 0.4) is 0 Å². The number of benzene rings is 2. The Labute approximate surface area is 161 Å². The summed E-state index contributed by atoms with van der Waals surface area (Å²) in [6, 6.07) is 7.96. The summed E-state index contributed by atoms with van der Waals surface area (Å²) in [6.07, 6.45) is 1.13. The summed E-state index contributed by atoms with van der Waals surface area (Å²) < 4.78 is 30.7. The van der Waals surface area contributed by atoms with Crippen LogP contribution < -0.4 is 15.8 Å². The van der Waals surface area contributed by atoms with Crippen LogP contribution in [0.15, 0.2) is 36.7 Å². The van der Waals surface area contributed by atoms with Crippen molar-refractivity contribution in [2.45, 2.75) is 13.0 Å². The second kappa shape index (κ2) is 7.95. The average molecular weight is 384 g/mol. The number of aromatic nitrogens is 2. The minimum Gasteiger partial charge on any atom is -0.483 e. The Morgan fingerprint density at radius 1 is 1.14 bits per heavy atom. The SMILES string of the molecule is Cc1cc(N)cc2ncnc(Nc3ccc(F)cc3OC3COCCOC3)c12. The van der Waals surface area contributed by atoms with Crippen molar-refractivity contribution in [2.75, 3.05) is 37.5 Å². The highest BCUT2D eigenvalue weighted by molar-refractivity contribution is 5.95. The number of hydrogen-bond donors (Lipinski definition) is 2. The van der Waals surface area contributed by atoms with Gasteiger partial charge in [0.25, 0.3) is 0 Å². The van der Waals surface area contributed by atoms with Crippen LogP contribution in [0.4, 0.5) is 21.6 Å². The maximum atomic E-state index is 13.9. The lowest BCUT2D eigenvalue weighted by Gasteiger charge is -2.19. The first-order valence-corrected chi connectivity index (χ1v) is 9.00. The van der Waals surface area contributed by atoms with E-state index in [1.165, 1.54) is 18.5 Å². The molecule has 0 spiro atoms. The normalized spacial score (nSPS) is 15.4. The molecule has 1 saturated heterocycles. The van der Waals surface area contributed by atoms with E-state index in [0.717, 1.165) is 16.5 Å². The summed E-state index contributed by atoms with van der Waals surface area (Å²) in [5, 5.41) is 4.08. The molecule has 2 aromatic carbocycles. The van der Waals surface area contributed by atoms with Crippen molar-refractivity contribution >= 4 is 28.1 Å². The van der Waals surface area contributed by atoms with E-state index in [9.17, 15) is 4.39 Å². The molecule has 0 radical (unpaired) electrons. The van der Waals surface area contributed by atoms with Gasteiger partial charge in [0.15, 0.2) is 0 Å². The Balaban J connectivity index is 1.68. The number of ether oxygens (including phenoxy) is 3. The summed E-state index contributed by atoms with van der Waals surface area (Å²) in [5.41, 5.74) is 8.80. The van der Waals surface area contributed by atoms with Crippen molar-refractivity contribution < 1.29 is 18.6 Å². The number of hydrogen-bond acceptors (Lipinski definition) is 7. The Morgan fingerprint density at radius 3 is 2.71 bits per heavy atom. The van der Waals surface area contributed by atoms with Crippen LogP contribution in [0.5, 0.6) is 5.75 Å². The third-order valence-electron chi connectivity index (χ3n) is 4.43. The quantitative estimate of drug-likeness (QED) is 0.668. The van der Waals surface area contributed by atoms with E-state index in [2.05, 4.69) is 15.3 Å². The number of rotatable bonds is 4. The minimum absolute atomic E-state index is 0.325. The number of fused-ring (bicyclic) bond motifs is 1. The Morgan fingerprint density at radius 2 is 1.93 bits per heavy atom. The number of nitrogen functional groups attached to an aromatic ring is 1. The highest BCUT2D eigenvalue weighted by Crippen LogP contribution is 2.33. The van der Waals surface area contributed by atoms with Gasteiger partial charge < -0.3 is 25.3 Å². The first-order chi connectivity index (χ1) is 13.6. The zero-order chi connectivity index (χ0) is 19.5. The lowest BCUT2D eigenvalue weighted by molar-refractivity contribution is 0.0601. The molecule has 1 fully saturated rings. The van der Waals surface area contributed by atoms with Crippen molar-refractivity contribution in [2.24, 2.45) is 0 Å². The molecule has 8 heteroatoms. The zero-order valence-electron chi connectivity index (χ0n) is 15.4. The summed E-state index contributed by atoms with van der Waals surface area (Å²) in [4.78, 5) is 8.65. The highest BCUT2D eigenvalue weighted by atomic mass is 19.1. The first-order valence-electron chi connectivity index (χ1n) is 9.00. The molecule has 1 aromatic heterocycles. The van der Waals surface area contributed by atoms with Crippen LogP contribution in [0.1, 0.15) is 5.56 Å². The van der Waals surface area contributed by atoms with Crippen LogP contribution in [-0.2, 0) is 9.47 Å². The number of aryl methyl sites for hydroxylation is 1. The topological polar surface area (TPSA) is 91.5 Å². The van der Waals surface area contributed by atoms with Gasteiger partial charge in [-0.05, 0) is 36.8 Å². The molecule has 3 N–H and O–H groups in total. The molecule has 0 unspecified atom stereocenters. The highest BCUT2D eigenvalue weighted by Gasteiger charge is 2.18. The van der Waals surface area contributed by atoms with Gasteiger partial charge in [0.05, 0.1) is 37.6 Å². The summed E-state index contributed by atoms with van der Waals surface area (Å²) in [7, 11) is 0. The lowest BCUT2D eigenvalue weighted by atomic mass is 10.1. The average Bonchev–Trinajstić information content (AvgIpc) is 2.92. The van der Waals surface area contributed by atoms with Crippen molar-refractivity contribution in [1.29, 1.82) is 0 Å². The molecule has 0 bridgehead atoms. The van der Waals surface area contributed by atoms with E-state index < -0.39 is 5.82 Å². The molecular weight excluding hydrogens is 363 g/mol. The number of nitrogens with two attached hydrogens (primary N) is 1. The fourth-order valence-corrected chi connectivity index (χ4v) is 3.18. The van der Waals surface area contributed by atoms with Crippen LogP contribution in [0, 0.1) is 12.7 Å². The molecule has 146 valence electrons. The summed E-state index contributed by atoms with van der Waals surface area (Å²) in [6.45, 7) is 3.73. The van der Waals surface area contributed by atoms with E-state index in [1.807, 2.05) is 13.0 Å². The van der Waals surface area contributed by atoms with Gasteiger partial charge in [-0.15, -0.1) is 0 Å². The van der Waals surface area contributed by atoms with Crippen molar-refractivity contribution in [3.05, 3.63) is 48.0 Å². The summed E-state index contributed by atoms with van der Waals surface area (Å²) >= 11 is 0. The number of anilines is 3.